The SMILES string of the molecule is CCc1ccc(CN(C)C(=O)c2cc(F)ccc2F)cc1. The van der Waals surface area contributed by atoms with E-state index in [0.717, 1.165) is 30.2 Å². The minimum absolute atomic E-state index is 0.248. The molecular formula is C17H17F2NO. The minimum atomic E-state index is -0.713. The van der Waals surface area contributed by atoms with Crippen LogP contribution in [0.3, 0.4) is 0 Å². The number of halogens is 2. The minimum Gasteiger partial charge on any atom is -0.337 e. The van der Waals surface area contributed by atoms with Gasteiger partial charge < -0.3 is 4.90 Å². The largest absolute Gasteiger partial charge is 0.337 e. The number of carbonyl (C=O) groups excluding carboxylic acids is 1. The molecule has 110 valence electrons. The van der Waals surface area contributed by atoms with Crippen molar-refractivity contribution in [3.63, 3.8) is 0 Å². The van der Waals surface area contributed by atoms with Gasteiger partial charge in [0.1, 0.15) is 11.6 Å². The summed E-state index contributed by atoms with van der Waals surface area (Å²) >= 11 is 0. The van der Waals surface area contributed by atoms with Crippen molar-refractivity contribution in [1.29, 1.82) is 0 Å². The predicted molar refractivity (Wildman–Crippen MR) is 78.0 cm³/mol. The molecule has 0 radical (unpaired) electrons. The fourth-order valence-corrected chi connectivity index (χ4v) is 2.09. The van der Waals surface area contributed by atoms with Gasteiger partial charge in [0, 0.05) is 13.6 Å². The molecule has 1 amide bonds. The standard InChI is InChI=1S/C17H17F2NO/c1-3-12-4-6-13(7-5-12)11-20(2)17(21)15-10-14(18)8-9-16(15)19/h4-10H,3,11H2,1-2H3. The van der Waals surface area contributed by atoms with E-state index in [0.29, 0.717) is 6.54 Å². The van der Waals surface area contributed by atoms with Crippen molar-refractivity contribution >= 4 is 5.91 Å². The van der Waals surface area contributed by atoms with Crippen LogP contribution in [-0.2, 0) is 13.0 Å². The van der Waals surface area contributed by atoms with Crippen molar-refractivity contribution in [3.8, 4) is 0 Å². The molecule has 2 nitrogen and oxygen atoms in total. The maximum absolute atomic E-state index is 13.6. The molecular weight excluding hydrogens is 272 g/mol. The van der Waals surface area contributed by atoms with Gasteiger partial charge in [-0.2, -0.15) is 0 Å². The summed E-state index contributed by atoms with van der Waals surface area (Å²) in [6.07, 6.45) is 0.948. The average molecular weight is 289 g/mol. The van der Waals surface area contributed by atoms with Crippen LogP contribution in [0.25, 0.3) is 0 Å². The zero-order valence-corrected chi connectivity index (χ0v) is 12.1. The van der Waals surface area contributed by atoms with Gasteiger partial charge in [-0.15, -0.1) is 0 Å². The maximum Gasteiger partial charge on any atom is 0.256 e. The second kappa shape index (κ2) is 6.48. The topological polar surface area (TPSA) is 20.3 Å². The molecule has 0 unspecified atom stereocenters. The number of amides is 1. The lowest BCUT2D eigenvalue weighted by molar-refractivity contribution is 0.0780. The van der Waals surface area contributed by atoms with Crippen LogP contribution in [-0.4, -0.2) is 17.9 Å². The summed E-state index contributed by atoms with van der Waals surface area (Å²) in [5.74, 6) is -1.87. The number of carbonyl (C=O) groups is 1. The van der Waals surface area contributed by atoms with Crippen molar-refractivity contribution in [2.24, 2.45) is 0 Å². The Morgan fingerprint density at radius 1 is 1.05 bits per heavy atom. The van der Waals surface area contributed by atoms with Crippen LogP contribution in [0.4, 0.5) is 8.78 Å². The summed E-state index contributed by atoms with van der Waals surface area (Å²) in [5.41, 5.74) is 1.91. The summed E-state index contributed by atoms with van der Waals surface area (Å²) in [4.78, 5) is 13.5. The predicted octanol–water partition coefficient (Wildman–Crippen LogP) is 3.80. The van der Waals surface area contributed by atoms with Gasteiger partial charge in [0.2, 0.25) is 0 Å². The quantitative estimate of drug-likeness (QED) is 0.838. The Labute approximate surface area is 123 Å². The van der Waals surface area contributed by atoms with E-state index in [1.165, 1.54) is 10.5 Å². The van der Waals surface area contributed by atoms with Crippen molar-refractivity contribution < 1.29 is 13.6 Å². The van der Waals surface area contributed by atoms with Gasteiger partial charge in [-0.3, -0.25) is 4.79 Å². The van der Waals surface area contributed by atoms with Gasteiger partial charge in [0.15, 0.2) is 0 Å². The molecule has 4 heteroatoms. The molecule has 0 aliphatic carbocycles. The molecule has 0 N–H and O–H groups in total. The molecule has 0 fully saturated rings. The molecule has 0 spiro atoms. The van der Waals surface area contributed by atoms with Gasteiger partial charge in [0.25, 0.3) is 5.91 Å². The van der Waals surface area contributed by atoms with Crippen LogP contribution in [0.2, 0.25) is 0 Å². The molecule has 0 aromatic heterocycles. The lowest BCUT2D eigenvalue weighted by Crippen LogP contribution is -2.27. The fourth-order valence-electron chi connectivity index (χ4n) is 2.09. The Morgan fingerprint density at radius 3 is 2.29 bits per heavy atom. The molecule has 2 aromatic carbocycles. The Morgan fingerprint density at radius 2 is 1.67 bits per heavy atom. The number of benzene rings is 2. The van der Waals surface area contributed by atoms with Gasteiger partial charge in [0.05, 0.1) is 5.56 Å². The Bertz CT molecular complexity index is 638. The summed E-state index contributed by atoms with van der Waals surface area (Å²) in [6, 6.07) is 10.7. The molecule has 0 saturated heterocycles. The highest BCUT2D eigenvalue weighted by molar-refractivity contribution is 5.94. The zero-order valence-electron chi connectivity index (χ0n) is 12.1. The lowest BCUT2D eigenvalue weighted by Gasteiger charge is -2.18. The normalized spacial score (nSPS) is 10.5. The monoisotopic (exact) mass is 289 g/mol. The summed E-state index contributed by atoms with van der Waals surface area (Å²) in [5, 5.41) is 0. The third-order valence-corrected chi connectivity index (χ3v) is 3.36. The molecule has 0 bridgehead atoms. The Balaban J connectivity index is 2.13. The second-order valence-electron chi connectivity index (χ2n) is 4.96. The van der Waals surface area contributed by atoms with Crippen LogP contribution in [0.5, 0.6) is 0 Å². The number of hydrogen-bond donors (Lipinski definition) is 0. The van der Waals surface area contributed by atoms with Crippen LogP contribution in [0, 0.1) is 11.6 Å². The van der Waals surface area contributed by atoms with Gasteiger partial charge >= 0.3 is 0 Å². The smallest absolute Gasteiger partial charge is 0.256 e. The van der Waals surface area contributed by atoms with Crippen LogP contribution in [0.15, 0.2) is 42.5 Å². The summed E-state index contributed by atoms with van der Waals surface area (Å²) in [7, 11) is 1.57. The Kier molecular flexibility index (Phi) is 4.68. The van der Waals surface area contributed by atoms with Crippen LogP contribution >= 0.6 is 0 Å². The van der Waals surface area contributed by atoms with E-state index in [1.807, 2.05) is 24.3 Å². The lowest BCUT2D eigenvalue weighted by atomic mass is 10.1. The van der Waals surface area contributed by atoms with Gasteiger partial charge in [-0.05, 0) is 35.7 Å². The first-order valence-corrected chi connectivity index (χ1v) is 6.79. The van der Waals surface area contributed by atoms with Crippen molar-refractivity contribution in [1.82, 2.24) is 4.90 Å². The Hall–Kier alpha value is -2.23. The molecule has 21 heavy (non-hydrogen) atoms. The highest BCUT2D eigenvalue weighted by atomic mass is 19.1. The van der Waals surface area contributed by atoms with Crippen molar-refractivity contribution in [2.75, 3.05) is 7.05 Å². The van der Waals surface area contributed by atoms with Crippen LogP contribution < -0.4 is 0 Å². The first kappa shape index (κ1) is 15.2. The molecule has 2 aromatic rings. The highest BCUT2D eigenvalue weighted by Crippen LogP contribution is 2.14. The molecule has 0 heterocycles. The average Bonchev–Trinajstić information content (AvgIpc) is 2.49. The first-order chi connectivity index (χ1) is 10.0. The van der Waals surface area contributed by atoms with Crippen LogP contribution in [0.1, 0.15) is 28.4 Å². The maximum atomic E-state index is 13.6. The van der Waals surface area contributed by atoms with E-state index >= 15 is 0 Å². The molecule has 0 aliphatic heterocycles. The molecule has 0 aliphatic rings. The summed E-state index contributed by atoms with van der Waals surface area (Å²) < 4.78 is 26.7. The first-order valence-electron chi connectivity index (χ1n) is 6.79. The molecule has 0 atom stereocenters. The van der Waals surface area contributed by atoms with Crippen molar-refractivity contribution in [3.05, 3.63) is 70.8 Å². The number of nitrogens with zero attached hydrogens (tertiary/aromatic N) is 1. The number of aryl methyl sites for hydroxylation is 1. The van der Waals surface area contributed by atoms with E-state index in [-0.39, 0.29) is 5.56 Å². The number of hydrogen-bond acceptors (Lipinski definition) is 1. The molecule has 2 rings (SSSR count). The van der Waals surface area contributed by atoms with E-state index in [1.54, 1.807) is 7.05 Å². The van der Waals surface area contributed by atoms with Gasteiger partial charge in [-0.1, -0.05) is 31.2 Å². The zero-order chi connectivity index (χ0) is 15.4. The van der Waals surface area contributed by atoms with Crippen molar-refractivity contribution in [2.45, 2.75) is 19.9 Å². The number of rotatable bonds is 4. The fraction of sp³-hybridized carbons (Fsp3) is 0.235. The van der Waals surface area contributed by atoms with E-state index in [4.69, 9.17) is 0 Å². The van der Waals surface area contributed by atoms with E-state index < -0.39 is 17.5 Å². The highest BCUT2D eigenvalue weighted by Gasteiger charge is 2.17. The summed E-state index contributed by atoms with van der Waals surface area (Å²) in [6.45, 7) is 2.41. The van der Waals surface area contributed by atoms with Gasteiger partial charge in [-0.25, -0.2) is 8.78 Å². The third-order valence-electron chi connectivity index (χ3n) is 3.36. The molecule has 0 saturated carbocycles. The van der Waals surface area contributed by atoms with E-state index in [2.05, 4.69) is 6.92 Å². The second-order valence-corrected chi connectivity index (χ2v) is 4.96. The van der Waals surface area contributed by atoms with E-state index in [9.17, 15) is 13.6 Å². The third kappa shape index (κ3) is 3.66.